The summed E-state index contributed by atoms with van der Waals surface area (Å²) in [4.78, 5) is 13.3. The van der Waals surface area contributed by atoms with Crippen LogP contribution in [0.3, 0.4) is 0 Å². The quantitative estimate of drug-likeness (QED) is 0.897. The zero-order valence-electron chi connectivity index (χ0n) is 14.5. The first-order valence-electron chi connectivity index (χ1n) is 9.22. The normalized spacial score (nSPS) is 27.4. The van der Waals surface area contributed by atoms with Gasteiger partial charge in [0.2, 0.25) is 5.91 Å². The lowest BCUT2D eigenvalue weighted by Gasteiger charge is -2.39. The van der Waals surface area contributed by atoms with Crippen molar-refractivity contribution in [2.45, 2.75) is 76.3 Å². The minimum Gasteiger partial charge on any atom is -0.352 e. The molecule has 1 aromatic carbocycles. The van der Waals surface area contributed by atoms with Crippen LogP contribution in [0.25, 0.3) is 0 Å². The molecule has 0 aromatic heterocycles. The van der Waals surface area contributed by atoms with Crippen LogP contribution in [0, 0.1) is 6.92 Å². The van der Waals surface area contributed by atoms with Gasteiger partial charge in [0, 0.05) is 12.1 Å². The molecule has 23 heavy (non-hydrogen) atoms. The summed E-state index contributed by atoms with van der Waals surface area (Å²) < 4.78 is 0. The van der Waals surface area contributed by atoms with E-state index >= 15 is 0 Å². The molecule has 1 saturated carbocycles. The molecule has 126 valence electrons. The summed E-state index contributed by atoms with van der Waals surface area (Å²) in [7, 11) is 0. The lowest BCUT2D eigenvalue weighted by molar-refractivity contribution is -0.129. The van der Waals surface area contributed by atoms with E-state index in [0.29, 0.717) is 12.1 Å². The van der Waals surface area contributed by atoms with Gasteiger partial charge in [0.25, 0.3) is 0 Å². The lowest BCUT2D eigenvalue weighted by Crippen LogP contribution is -2.53. The Kier molecular flexibility index (Phi) is 5.05. The van der Waals surface area contributed by atoms with Crippen molar-refractivity contribution in [3.63, 3.8) is 0 Å². The third kappa shape index (κ3) is 3.45. The van der Waals surface area contributed by atoms with Gasteiger partial charge in [0.15, 0.2) is 0 Å². The first-order valence-corrected chi connectivity index (χ1v) is 9.22. The summed E-state index contributed by atoms with van der Waals surface area (Å²) >= 11 is 0. The maximum atomic E-state index is 13.3. The van der Waals surface area contributed by atoms with Crippen molar-refractivity contribution in [3.05, 3.63) is 35.4 Å². The molecule has 1 aliphatic carbocycles. The number of benzene rings is 1. The van der Waals surface area contributed by atoms with E-state index in [1.165, 1.54) is 17.5 Å². The number of carbonyl (C=O) groups is 1. The Balaban J connectivity index is 1.84. The minimum atomic E-state index is -0.308. The Labute approximate surface area is 140 Å². The van der Waals surface area contributed by atoms with Crippen LogP contribution in [-0.4, -0.2) is 24.5 Å². The van der Waals surface area contributed by atoms with Crippen LogP contribution in [0.2, 0.25) is 0 Å². The highest BCUT2D eigenvalue weighted by atomic mass is 16.2. The van der Waals surface area contributed by atoms with Gasteiger partial charge in [0.05, 0.1) is 5.41 Å². The molecule has 3 heteroatoms. The van der Waals surface area contributed by atoms with Gasteiger partial charge in [-0.25, -0.2) is 0 Å². The van der Waals surface area contributed by atoms with Crippen LogP contribution in [0.5, 0.6) is 0 Å². The fourth-order valence-electron chi connectivity index (χ4n) is 4.47. The van der Waals surface area contributed by atoms with Crippen molar-refractivity contribution >= 4 is 5.91 Å². The molecule has 1 aliphatic heterocycles. The smallest absolute Gasteiger partial charge is 0.230 e. The number of aryl methyl sites for hydroxylation is 1. The highest BCUT2D eigenvalue weighted by Gasteiger charge is 2.42. The van der Waals surface area contributed by atoms with Gasteiger partial charge in [-0.1, -0.05) is 43.5 Å². The zero-order chi connectivity index (χ0) is 16.3. The lowest BCUT2D eigenvalue weighted by atomic mass is 9.67. The Morgan fingerprint density at radius 3 is 2.65 bits per heavy atom. The Hall–Kier alpha value is -1.35. The van der Waals surface area contributed by atoms with Gasteiger partial charge in [0.1, 0.15) is 0 Å². The SMILES string of the molecule is Cc1ccccc1C1(C(=O)NC2CCNC(C)C2)CCCCC1. The van der Waals surface area contributed by atoms with Crippen LogP contribution in [-0.2, 0) is 10.2 Å². The van der Waals surface area contributed by atoms with Crippen LogP contribution < -0.4 is 10.6 Å². The summed E-state index contributed by atoms with van der Waals surface area (Å²) in [6, 6.07) is 9.29. The molecule has 3 nitrogen and oxygen atoms in total. The Morgan fingerprint density at radius 2 is 1.96 bits per heavy atom. The number of hydrogen-bond donors (Lipinski definition) is 2. The highest BCUT2D eigenvalue weighted by Crippen LogP contribution is 2.41. The first-order chi connectivity index (χ1) is 11.1. The van der Waals surface area contributed by atoms with E-state index in [4.69, 9.17) is 0 Å². The van der Waals surface area contributed by atoms with Crippen LogP contribution in [0.15, 0.2) is 24.3 Å². The average Bonchev–Trinajstić information content (AvgIpc) is 2.56. The number of piperidine rings is 1. The molecule has 2 atom stereocenters. The summed E-state index contributed by atoms with van der Waals surface area (Å²) in [6.07, 6.45) is 7.63. The van der Waals surface area contributed by atoms with Gasteiger partial charge in [-0.05, 0) is 57.2 Å². The van der Waals surface area contributed by atoms with Crippen LogP contribution >= 0.6 is 0 Å². The molecule has 2 fully saturated rings. The van der Waals surface area contributed by atoms with Crippen molar-refractivity contribution in [1.29, 1.82) is 0 Å². The molecule has 2 unspecified atom stereocenters. The van der Waals surface area contributed by atoms with Crippen molar-refractivity contribution in [2.75, 3.05) is 6.54 Å². The van der Waals surface area contributed by atoms with Gasteiger partial charge in [-0.15, -0.1) is 0 Å². The minimum absolute atomic E-state index is 0.269. The molecule has 0 radical (unpaired) electrons. The van der Waals surface area contributed by atoms with E-state index < -0.39 is 0 Å². The van der Waals surface area contributed by atoms with E-state index in [1.54, 1.807) is 0 Å². The number of carbonyl (C=O) groups excluding carboxylic acids is 1. The number of amides is 1. The second-order valence-corrected chi connectivity index (χ2v) is 7.51. The molecule has 0 bridgehead atoms. The maximum Gasteiger partial charge on any atom is 0.230 e. The standard InChI is InChI=1S/C20H30N2O/c1-15-8-4-5-9-18(15)20(11-6-3-7-12-20)19(23)22-17-10-13-21-16(2)14-17/h4-5,8-9,16-17,21H,3,6-7,10-14H2,1-2H3,(H,22,23). The van der Waals surface area contributed by atoms with Crippen LogP contribution in [0.1, 0.15) is 63.0 Å². The van der Waals surface area contributed by atoms with Crippen LogP contribution in [0.4, 0.5) is 0 Å². The third-order valence-corrected chi connectivity index (χ3v) is 5.76. The van der Waals surface area contributed by atoms with E-state index in [-0.39, 0.29) is 11.3 Å². The van der Waals surface area contributed by atoms with E-state index in [2.05, 4.69) is 48.7 Å². The molecule has 2 aliphatic rings. The molecule has 3 rings (SSSR count). The predicted octanol–water partition coefficient (Wildman–Crippen LogP) is 3.45. The van der Waals surface area contributed by atoms with E-state index in [9.17, 15) is 4.79 Å². The summed E-state index contributed by atoms with van der Waals surface area (Å²) in [5.41, 5.74) is 2.19. The topological polar surface area (TPSA) is 41.1 Å². The zero-order valence-corrected chi connectivity index (χ0v) is 14.5. The highest BCUT2D eigenvalue weighted by molar-refractivity contribution is 5.89. The van der Waals surface area contributed by atoms with E-state index in [1.807, 2.05) is 0 Å². The molecule has 2 N–H and O–H groups in total. The fourth-order valence-corrected chi connectivity index (χ4v) is 4.47. The van der Waals surface area contributed by atoms with Crippen molar-refractivity contribution in [3.8, 4) is 0 Å². The second-order valence-electron chi connectivity index (χ2n) is 7.51. The number of rotatable bonds is 3. The molecular weight excluding hydrogens is 284 g/mol. The molecule has 1 saturated heterocycles. The molecule has 1 aromatic rings. The van der Waals surface area contributed by atoms with Gasteiger partial charge in [-0.3, -0.25) is 4.79 Å². The monoisotopic (exact) mass is 314 g/mol. The number of hydrogen-bond acceptors (Lipinski definition) is 2. The van der Waals surface area contributed by atoms with Crippen molar-refractivity contribution in [1.82, 2.24) is 10.6 Å². The van der Waals surface area contributed by atoms with Crippen molar-refractivity contribution in [2.24, 2.45) is 0 Å². The summed E-state index contributed by atoms with van der Waals surface area (Å²) in [5.74, 6) is 0.269. The average molecular weight is 314 g/mol. The number of nitrogens with one attached hydrogen (secondary N) is 2. The molecule has 1 amide bonds. The molecule has 1 heterocycles. The van der Waals surface area contributed by atoms with Gasteiger partial charge >= 0.3 is 0 Å². The first kappa shape index (κ1) is 16.5. The Bertz CT molecular complexity index is 548. The second kappa shape index (κ2) is 7.04. The molecule has 0 spiro atoms. The van der Waals surface area contributed by atoms with E-state index in [0.717, 1.165) is 45.1 Å². The summed E-state index contributed by atoms with van der Waals surface area (Å²) in [6.45, 7) is 5.35. The predicted molar refractivity (Wildman–Crippen MR) is 94.6 cm³/mol. The Morgan fingerprint density at radius 1 is 1.22 bits per heavy atom. The maximum absolute atomic E-state index is 13.3. The fraction of sp³-hybridized carbons (Fsp3) is 0.650. The van der Waals surface area contributed by atoms with Crippen molar-refractivity contribution < 1.29 is 4.79 Å². The van der Waals surface area contributed by atoms with Gasteiger partial charge in [-0.2, -0.15) is 0 Å². The van der Waals surface area contributed by atoms with Gasteiger partial charge < -0.3 is 10.6 Å². The summed E-state index contributed by atoms with van der Waals surface area (Å²) in [5, 5.41) is 6.87. The molecular formula is C20H30N2O. The third-order valence-electron chi connectivity index (χ3n) is 5.76. The largest absolute Gasteiger partial charge is 0.352 e.